The number of aryl methyl sites for hydroxylation is 1. The van der Waals surface area contributed by atoms with Crippen molar-refractivity contribution in [1.82, 2.24) is 25.3 Å². The number of nitrogens with one attached hydrogen (secondary N) is 1. The van der Waals surface area contributed by atoms with Gasteiger partial charge in [-0.2, -0.15) is 4.98 Å². The van der Waals surface area contributed by atoms with Crippen molar-refractivity contribution in [3.63, 3.8) is 0 Å². The van der Waals surface area contributed by atoms with Crippen LogP contribution in [-0.4, -0.2) is 64.6 Å². The minimum absolute atomic E-state index is 0.159. The summed E-state index contributed by atoms with van der Waals surface area (Å²) in [5.74, 6) is 2.22. The van der Waals surface area contributed by atoms with Crippen molar-refractivity contribution in [3.8, 4) is 0 Å². The molecule has 1 aromatic rings. The SMILES string of the molecule is Cc1nc(CN2CCCN(CC(=O)N[C@H](C)C3CC3)CC2)no1. The number of hydrogen-bond acceptors (Lipinski definition) is 6. The molecule has 1 saturated heterocycles. The highest BCUT2D eigenvalue weighted by molar-refractivity contribution is 5.78. The summed E-state index contributed by atoms with van der Waals surface area (Å²) in [4.78, 5) is 21.0. The first-order valence-electron chi connectivity index (χ1n) is 8.63. The van der Waals surface area contributed by atoms with E-state index in [0.717, 1.165) is 45.0 Å². The van der Waals surface area contributed by atoms with E-state index in [1.807, 2.05) is 6.92 Å². The Morgan fingerprint density at radius 2 is 2.04 bits per heavy atom. The first-order valence-corrected chi connectivity index (χ1v) is 8.63. The fraction of sp³-hybridized carbons (Fsp3) is 0.812. The minimum Gasteiger partial charge on any atom is -0.352 e. The Morgan fingerprint density at radius 3 is 2.74 bits per heavy atom. The molecule has 0 bridgehead atoms. The molecule has 23 heavy (non-hydrogen) atoms. The van der Waals surface area contributed by atoms with Crippen LogP contribution >= 0.6 is 0 Å². The molecule has 1 atom stereocenters. The molecule has 1 aliphatic heterocycles. The van der Waals surface area contributed by atoms with E-state index in [-0.39, 0.29) is 5.91 Å². The molecule has 1 aromatic heterocycles. The fourth-order valence-electron chi connectivity index (χ4n) is 3.16. The number of amides is 1. The van der Waals surface area contributed by atoms with Crippen LogP contribution in [0.4, 0.5) is 0 Å². The van der Waals surface area contributed by atoms with Crippen LogP contribution in [0.2, 0.25) is 0 Å². The van der Waals surface area contributed by atoms with Crippen LogP contribution in [0.25, 0.3) is 0 Å². The molecule has 1 aliphatic carbocycles. The van der Waals surface area contributed by atoms with Gasteiger partial charge in [0.1, 0.15) is 0 Å². The second-order valence-corrected chi connectivity index (χ2v) is 6.83. The predicted molar refractivity (Wildman–Crippen MR) is 85.7 cm³/mol. The first kappa shape index (κ1) is 16.4. The topological polar surface area (TPSA) is 74.5 Å². The molecular weight excluding hydrogens is 294 g/mol. The molecule has 1 saturated carbocycles. The monoisotopic (exact) mass is 321 g/mol. The van der Waals surface area contributed by atoms with E-state index in [1.54, 1.807) is 0 Å². The molecule has 128 valence electrons. The Labute approximate surface area is 137 Å². The van der Waals surface area contributed by atoms with Gasteiger partial charge in [0, 0.05) is 26.1 Å². The third kappa shape index (κ3) is 5.00. The van der Waals surface area contributed by atoms with Crippen LogP contribution in [0.5, 0.6) is 0 Å². The van der Waals surface area contributed by atoms with Gasteiger partial charge in [0.05, 0.1) is 13.1 Å². The summed E-state index contributed by atoms with van der Waals surface area (Å²) in [7, 11) is 0. The Morgan fingerprint density at radius 1 is 1.30 bits per heavy atom. The normalized spacial score (nSPS) is 21.8. The summed E-state index contributed by atoms with van der Waals surface area (Å²) in [5, 5.41) is 7.09. The average Bonchev–Trinajstić information content (AvgIpc) is 3.29. The summed E-state index contributed by atoms with van der Waals surface area (Å²) in [6, 6.07) is 0.326. The van der Waals surface area contributed by atoms with Crippen molar-refractivity contribution in [2.24, 2.45) is 5.92 Å². The number of carbonyl (C=O) groups excluding carboxylic acids is 1. The van der Waals surface area contributed by atoms with Gasteiger partial charge in [-0.25, -0.2) is 0 Å². The molecule has 3 rings (SSSR count). The smallest absolute Gasteiger partial charge is 0.234 e. The fourth-order valence-corrected chi connectivity index (χ4v) is 3.16. The Hall–Kier alpha value is -1.47. The predicted octanol–water partition coefficient (Wildman–Crippen LogP) is 0.800. The lowest BCUT2D eigenvalue weighted by Gasteiger charge is -2.21. The molecular formula is C16H27N5O2. The molecule has 1 amide bonds. The van der Waals surface area contributed by atoms with Crippen LogP contribution in [0.1, 0.15) is 37.9 Å². The van der Waals surface area contributed by atoms with Gasteiger partial charge in [0.15, 0.2) is 5.82 Å². The van der Waals surface area contributed by atoms with Gasteiger partial charge in [-0.3, -0.25) is 14.6 Å². The van der Waals surface area contributed by atoms with Crippen LogP contribution in [-0.2, 0) is 11.3 Å². The molecule has 2 fully saturated rings. The van der Waals surface area contributed by atoms with Gasteiger partial charge < -0.3 is 9.84 Å². The zero-order valence-corrected chi connectivity index (χ0v) is 14.1. The zero-order valence-electron chi connectivity index (χ0n) is 14.1. The first-order chi connectivity index (χ1) is 11.1. The van der Waals surface area contributed by atoms with Crippen LogP contribution in [0.15, 0.2) is 4.52 Å². The molecule has 0 unspecified atom stereocenters. The average molecular weight is 321 g/mol. The van der Waals surface area contributed by atoms with Crippen molar-refractivity contribution in [2.75, 3.05) is 32.7 Å². The van der Waals surface area contributed by atoms with Crippen LogP contribution < -0.4 is 5.32 Å². The molecule has 0 radical (unpaired) electrons. The molecule has 0 spiro atoms. The summed E-state index contributed by atoms with van der Waals surface area (Å²) >= 11 is 0. The summed E-state index contributed by atoms with van der Waals surface area (Å²) in [6.45, 7) is 8.95. The number of rotatable bonds is 6. The van der Waals surface area contributed by atoms with Crippen molar-refractivity contribution < 1.29 is 9.32 Å². The number of carbonyl (C=O) groups is 1. The highest BCUT2D eigenvalue weighted by atomic mass is 16.5. The number of aromatic nitrogens is 2. The van der Waals surface area contributed by atoms with E-state index in [1.165, 1.54) is 12.8 Å². The van der Waals surface area contributed by atoms with Crippen LogP contribution in [0, 0.1) is 12.8 Å². The lowest BCUT2D eigenvalue weighted by Crippen LogP contribution is -2.43. The second kappa shape index (κ2) is 7.40. The van der Waals surface area contributed by atoms with E-state index < -0.39 is 0 Å². The molecule has 7 heteroatoms. The standard InChI is InChI=1S/C16H27N5O2/c1-12(14-4-5-14)17-16(22)11-21-7-3-6-20(8-9-21)10-15-18-13(2)23-19-15/h12,14H,3-11H2,1-2H3,(H,17,22)/t12-/m1/s1. The largest absolute Gasteiger partial charge is 0.352 e. The van der Waals surface area contributed by atoms with Gasteiger partial charge in [0.2, 0.25) is 11.8 Å². The Bertz CT molecular complexity index is 528. The number of hydrogen-bond donors (Lipinski definition) is 1. The molecule has 2 aliphatic rings. The third-order valence-electron chi connectivity index (χ3n) is 4.70. The Kier molecular flexibility index (Phi) is 5.27. The Balaban J connectivity index is 1.41. The molecule has 0 aromatic carbocycles. The van der Waals surface area contributed by atoms with Gasteiger partial charge in [-0.15, -0.1) is 0 Å². The molecule has 7 nitrogen and oxygen atoms in total. The lowest BCUT2D eigenvalue weighted by molar-refractivity contribution is -0.123. The van der Waals surface area contributed by atoms with E-state index in [9.17, 15) is 4.79 Å². The highest BCUT2D eigenvalue weighted by Gasteiger charge is 2.29. The maximum absolute atomic E-state index is 12.1. The molecule has 1 N–H and O–H groups in total. The van der Waals surface area contributed by atoms with E-state index in [0.29, 0.717) is 24.4 Å². The number of nitrogens with zero attached hydrogens (tertiary/aromatic N) is 4. The van der Waals surface area contributed by atoms with E-state index >= 15 is 0 Å². The van der Waals surface area contributed by atoms with E-state index in [2.05, 4.69) is 32.2 Å². The van der Waals surface area contributed by atoms with Gasteiger partial charge >= 0.3 is 0 Å². The van der Waals surface area contributed by atoms with Crippen LogP contribution in [0.3, 0.4) is 0 Å². The van der Waals surface area contributed by atoms with Crippen molar-refractivity contribution in [3.05, 3.63) is 11.7 Å². The zero-order chi connectivity index (χ0) is 16.2. The van der Waals surface area contributed by atoms with E-state index in [4.69, 9.17) is 4.52 Å². The summed E-state index contributed by atoms with van der Waals surface area (Å²) in [5.41, 5.74) is 0. The summed E-state index contributed by atoms with van der Waals surface area (Å²) in [6.07, 6.45) is 3.58. The van der Waals surface area contributed by atoms with Gasteiger partial charge in [-0.05, 0) is 45.2 Å². The van der Waals surface area contributed by atoms with Crippen molar-refractivity contribution in [2.45, 2.75) is 45.7 Å². The lowest BCUT2D eigenvalue weighted by atomic mass is 10.2. The highest BCUT2D eigenvalue weighted by Crippen LogP contribution is 2.32. The maximum Gasteiger partial charge on any atom is 0.234 e. The summed E-state index contributed by atoms with van der Waals surface area (Å²) < 4.78 is 5.02. The van der Waals surface area contributed by atoms with Crippen molar-refractivity contribution in [1.29, 1.82) is 0 Å². The molecule has 2 heterocycles. The maximum atomic E-state index is 12.1. The second-order valence-electron chi connectivity index (χ2n) is 6.83. The van der Waals surface area contributed by atoms with Crippen molar-refractivity contribution >= 4 is 5.91 Å². The van der Waals surface area contributed by atoms with Gasteiger partial charge in [0.25, 0.3) is 0 Å². The third-order valence-corrected chi connectivity index (χ3v) is 4.70. The minimum atomic E-state index is 0.159. The quantitative estimate of drug-likeness (QED) is 0.835. The van der Waals surface area contributed by atoms with Gasteiger partial charge in [-0.1, -0.05) is 5.16 Å².